The molecule has 27 heavy (non-hydrogen) atoms. The molecule has 0 saturated carbocycles. The maximum Gasteiger partial charge on any atom is 0.326 e. The van der Waals surface area contributed by atoms with Crippen molar-refractivity contribution in [2.24, 2.45) is 5.92 Å². The number of ether oxygens (including phenoxy) is 1. The SMILES string of the molecule is C[C@H]1CCCN(C(=O)COC(=O)CN2C(=O)c3cc(Cl)c(Cl)cc3C2=O)C1. The highest BCUT2D eigenvalue weighted by Crippen LogP contribution is 2.31. The van der Waals surface area contributed by atoms with Crippen molar-refractivity contribution < 1.29 is 23.9 Å². The van der Waals surface area contributed by atoms with E-state index in [1.807, 2.05) is 0 Å². The number of esters is 1. The molecule has 1 aromatic rings. The summed E-state index contributed by atoms with van der Waals surface area (Å²) in [6.45, 7) is 2.35. The Morgan fingerprint density at radius 2 is 1.74 bits per heavy atom. The number of amides is 3. The van der Waals surface area contributed by atoms with Crippen LogP contribution in [-0.2, 0) is 14.3 Å². The third kappa shape index (κ3) is 4.09. The lowest BCUT2D eigenvalue weighted by atomic mass is 10.0. The number of carbonyl (C=O) groups is 4. The maximum absolute atomic E-state index is 12.3. The van der Waals surface area contributed by atoms with E-state index in [9.17, 15) is 19.2 Å². The summed E-state index contributed by atoms with van der Waals surface area (Å²) >= 11 is 11.8. The van der Waals surface area contributed by atoms with E-state index in [4.69, 9.17) is 27.9 Å². The third-order valence-electron chi connectivity index (χ3n) is 4.67. The maximum atomic E-state index is 12.3. The van der Waals surface area contributed by atoms with Crippen molar-refractivity contribution in [3.8, 4) is 0 Å². The molecule has 144 valence electrons. The van der Waals surface area contributed by atoms with E-state index >= 15 is 0 Å². The lowest BCUT2D eigenvalue weighted by molar-refractivity contribution is -0.152. The molecule has 7 nitrogen and oxygen atoms in total. The summed E-state index contributed by atoms with van der Waals surface area (Å²) in [5, 5.41) is 0.282. The van der Waals surface area contributed by atoms with Crippen molar-refractivity contribution >= 4 is 46.9 Å². The fraction of sp³-hybridized carbons (Fsp3) is 0.444. The molecular weight excluding hydrogens is 395 g/mol. The molecule has 1 fully saturated rings. The Balaban J connectivity index is 1.58. The molecule has 1 aromatic carbocycles. The number of benzene rings is 1. The first-order valence-corrected chi connectivity index (χ1v) is 9.32. The van der Waals surface area contributed by atoms with E-state index < -0.39 is 30.9 Å². The fourth-order valence-corrected chi connectivity index (χ4v) is 3.58. The van der Waals surface area contributed by atoms with Crippen LogP contribution in [0.4, 0.5) is 0 Å². The molecule has 0 N–H and O–H groups in total. The fourth-order valence-electron chi connectivity index (χ4n) is 3.25. The summed E-state index contributed by atoms with van der Waals surface area (Å²) in [4.78, 5) is 51.3. The van der Waals surface area contributed by atoms with E-state index in [-0.39, 0.29) is 27.1 Å². The molecule has 9 heteroatoms. The number of fused-ring (bicyclic) bond motifs is 1. The first-order chi connectivity index (χ1) is 12.8. The minimum Gasteiger partial charge on any atom is -0.454 e. The largest absolute Gasteiger partial charge is 0.454 e. The quantitative estimate of drug-likeness (QED) is 0.559. The molecule has 2 aliphatic rings. The van der Waals surface area contributed by atoms with Gasteiger partial charge in [0.05, 0.1) is 21.2 Å². The van der Waals surface area contributed by atoms with Crippen molar-refractivity contribution in [2.75, 3.05) is 26.2 Å². The molecule has 0 radical (unpaired) electrons. The lowest BCUT2D eigenvalue weighted by Gasteiger charge is -2.30. The minimum absolute atomic E-state index is 0.0839. The summed E-state index contributed by atoms with van der Waals surface area (Å²) < 4.78 is 4.97. The van der Waals surface area contributed by atoms with Crippen LogP contribution < -0.4 is 0 Å². The molecule has 0 bridgehead atoms. The molecule has 0 spiro atoms. The van der Waals surface area contributed by atoms with Crippen LogP contribution in [0.2, 0.25) is 10.0 Å². The van der Waals surface area contributed by atoms with E-state index in [1.54, 1.807) is 4.90 Å². The van der Waals surface area contributed by atoms with Crippen molar-refractivity contribution in [1.29, 1.82) is 0 Å². The van der Waals surface area contributed by atoms with Gasteiger partial charge in [-0.2, -0.15) is 0 Å². The van der Waals surface area contributed by atoms with Crippen LogP contribution in [0.5, 0.6) is 0 Å². The number of hydrogen-bond donors (Lipinski definition) is 0. The highest BCUT2D eigenvalue weighted by Gasteiger charge is 2.38. The molecule has 0 unspecified atom stereocenters. The number of nitrogens with zero attached hydrogens (tertiary/aromatic N) is 2. The van der Waals surface area contributed by atoms with Gasteiger partial charge in [0.1, 0.15) is 6.54 Å². The number of carbonyl (C=O) groups excluding carboxylic acids is 4. The topological polar surface area (TPSA) is 84.0 Å². The molecule has 0 aliphatic carbocycles. The molecule has 3 amide bonds. The second kappa shape index (κ2) is 7.86. The molecule has 1 atom stereocenters. The van der Waals surface area contributed by atoms with Crippen LogP contribution >= 0.6 is 23.2 Å². The van der Waals surface area contributed by atoms with Gasteiger partial charge in [-0.05, 0) is 30.9 Å². The zero-order valence-electron chi connectivity index (χ0n) is 14.7. The van der Waals surface area contributed by atoms with Gasteiger partial charge in [-0.1, -0.05) is 30.1 Å². The van der Waals surface area contributed by atoms with Gasteiger partial charge in [-0.15, -0.1) is 0 Å². The summed E-state index contributed by atoms with van der Waals surface area (Å²) in [7, 11) is 0. The van der Waals surface area contributed by atoms with Crippen LogP contribution in [0.1, 0.15) is 40.5 Å². The smallest absolute Gasteiger partial charge is 0.326 e. The summed E-state index contributed by atoms with van der Waals surface area (Å²) in [6, 6.07) is 2.59. The predicted molar refractivity (Wildman–Crippen MR) is 97.8 cm³/mol. The average molecular weight is 413 g/mol. The summed E-state index contributed by atoms with van der Waals surface area (Å²) in [5.41, 5.74) is 0.168. The standard InChI is InChI=1S/C18H18Cl2N2O5/c1-10-3-2-4-21(7-10)15(23)9-27-16(24)8-22-17(25)11-5-13(19)14(20)6-12(11)18(22)26/h5-6,10H,2-4,7-9H2,1H3/t10-/m0/s1. The van der Waals surface area contributed by atoms with E-state index in [0.717, 1.165) is 17.7 Å². The minimum atomic E-state index is -0.833. The van der Waals surface area contributed by atoms with Crippen molar-refractivity contribution in [3.05, 3.63) is 33.3 Å². The van der Waals surface area contributed by atoms with Gasteiger partial charge in [0.25, 0.3) is 17.7 Å². The second-order valence-electron chi connectivity index (χ2n) is 6.76. The van der Waals surface area contributed by atoms with Crippen LogP contribution in [0, 0.1) is 5.92 Å². The Bertz CT molecular complexity index is 785. The lowest BCUT2D eigenvalue weighted by Crippen LogP contribution is -2.42. The van der Waals surface area contributed by atoms with Crippen LogP contribution in [0.25, 0.3) is 0 Å². The van der Waals surface area contributed by atoms with Gasteiger partial charge >= 0.3 is 5.97 Å². The summed E-state index contributed by atoms with van der Waals surface area (Å²) in [5.74, 6) is -2.00. The van der Waals surface area contributed by atoms with Gasteiger partial charge in [-0.3, -0.25) is 24.1 Å². The first kappa shape index (κ1) is 19.6. The monoisotopic (exact) mass is 412 g/mol. The second-order valence-corrected chi connectivity index (χ2v) is 7.57. The van der Waals surface area contributed by atoms with Crippen molar-refractivity contribution in [2.45, 2.75) is 19.8 Å². The van der Waals surface area contributed by atoms with Crippen LogP contribution in [-0.4, -0.2) is 59.7 Å². The van der Waals surface area contributed by atoms with Crippen LogP contribution in [0.3, 0.4) is 0 Å². The van der Waals surface area contributed by atoms with Gasteiger partial charge in [0, 0.05) is 13.1 Å². The number of imide groups is 1. The van der Waals surface area contributed by atoms with Gasteiger partial charge in [0.15, 0.2) is 6.61 Å². The van der Waals surface area contributed by atoms with E-state index in [2.05, 4.69) is 6.92 Å². The van der Waals surface area contributed by atoms with Gasteiger partial charge in [-0.25, -0.2) is 0 Å². The third-order valence-corrected chi connectivity index (χ3v) is 5.39. The molecule has 0 aromatic heterocycles. The number of likely N-dealkylation sites (tertiary alicyclic amines) is 1. The number of hydrogen-bond acceptors (Lipinski definition) is 5. The van der Waals surface area contributed by atoms with E-state index in [1.165, 1.54) is 12.1 Å². The molecule has 2 heterocycles. The first-order valence-electron chi connectivity index (χ1n) is 8.56. The number of piperidine rings is 1. The highest BCUT2D eigenvalue weighted by atomic mass is 35.5. The number of halogens is 2. The molecule has 3 rings (SSSR count). The van der Waals surface area contributed by atoms with Crippen LogP contribution in [0.15, 0.2) is 12.1 Å². The Morgan fingerprint density at radius 1 is 1.15 bits per heavy atom. The molecular formula is C18H18Cl2N2O5. The molecule has 1 saturated heterocycles. The molecule has 2 aliphatic heterocycles. The number of rotatable bonds is 4. The van der Waals surface area contributed by atoms with Gasteiger partial charge in [0.2, 0.25) is 0 Å². The average Bonchev–Trinajstić information content (AvgIpc) is 2.85. The van der Waals surface area contributed by atoms with Crippen molar-refractivity contribution in [3.63, 3.8) is 0 Å². The summed E-state index contributed by atoms with van der Waals surface area (Å²) in [6.07, 6.45) is 1.98. The Labute approximate surface area is 166 Å². The highest BCUT2D eigenvalue weighted by molar-refractivity contribution is 6.43. The predicted octanol–water partition coefficient (Wildman–Crippen LogP) is 2.39. The Kier molecular flexibility index (Phi) is 5.72. The normalized spacial score (nSPS) is 19.3. The van der Waals surface area contributed by atoms with Crippen molar-refractivity contribution in [1.82, 2.24) is 9.80 Å². The zero-order chi connectivity index (χ0) is 19.7. The Morgan fingerprint density at radius 3 is 2.30 bits per heavy atom. The zero-order valence-corrected chi connectivity index (χ0v) is 16.2. The Hall–Kier alpha value is -2.12. The van der Waals surface area contributed by atoms with Gasteiger partial charge < -0.3 is 9.64 Å². The van der Waals surface area contributed by atoms with E-state index in [0.29, 0.717) is 19.0 Å².